The average molecular weight is 407 g/mol. The molecule has 146 valence electrons. The van der Waals surface area contributed by atoms with Crippen molar-refractivity contribution in [2.45, 2.75) is 13.8 Å². The van der Waals surface area contributed by atoms with E-state index in [2.05, 4.69) is 11.1 Å². The molecule has 0 aliphatic rings. The highest BCUT2D eigenvalue weighted by atomic mass is 32.1. The summed E-state index contributed by atoms with van der Waals surface area (Å²) in [5.74, 6) is -0.600. The molecule has 8 heteroatoms. The number of phenols is 1. The van der Waals surface area contributed by atoms with E-state index in [1.165, 1.54) is 42.2 Å². The van der Waals surface area contributed by atoms with E-state index in [-0.39, 0.29) is 11.3 Å². The summed E-state index contributed by atoms with van der Waals surface area (Å²) < 4.78 is 5.00. The quantitative estimate of drug-likeness (QED) is 0.357. The third-order valence-corrected chi connectivity index (χ3v) is 5.34. The summed E-state index contributed by atoms with van der Waals surface area (Å²) in [7, 11) is 1.30. The number of allylic oxidation sites excluding steroid dienone is 1. The molecule has 0 spiro atoms. The maximum atomic E-state index is 11.2. The molecule has 0 fully saturated rings. The number of nitriles is 1. The monoisotopic (exact) mass is 407 g/mol. The Bertz CT molecular complexity index is 1180. The van der Waals surface area contributed by atoms with Gasteiger partial charge in [-0.05, 0) is 48.7 Å². The molecule has 3 aromatic rings. The second-order valence-electron chi connectivity index (χ2n) is 6.35. The van der Waals surface area contributed by atoms with Gasteiger partial charge in [0.1, 0.15) is 11.1 Å². The van der Waals surface area contributed by atoms with Crippen LogP contribution in [0.4, 0.5) is 5.69 Å². The van der Waals surface area contributed by atoms with Crippen molar-refractivity contribution in [3.8, 4) is 28.8 Å². The number of hydrogen-bond acceptors (Lipinski definition) is 7. The van der Waals surface area contributed by atoms with E-state index in [9.17, 15) is 20.5 Å². The van der Waals surface area contributed by atoms with Crippen LogP contribution in [0.1, 0.15) is 21.7 Å². The minimum Gasteiger partial charge on any atom is -0.500 e. The molecule has 1 N–H and O–H groups in total. The van der Waals surface area contributed by atoms with Crippen molar-refractivity contribution >= 4 is 28.7 Å². The van der Waals surface area contributed by atoms with Gasteiger partial charge >= 0.3 is 5.69 Å². The molecule has 0 unspecified atom stereocenters. The van der Waals surface area contributed by atoms with Gasteiger partial charge in [-0.25, -0.2) is 4.98 Å². The van der Waals surface area contributed by atoms with E-state index in [1.54, 1.807) is 0 Å². The molecule has 0 saturated heterocycles. The Balaban J connectivity index is 2.03. The van der Waals surface area contributed by atoms with E-state index in [1.807, 2.05) is 37.4 Å². The smallest absolute Gasteiger partial charge is 0.315 e. The number of benzene rings is 2. The van der Waals surface area contributed by atoms with Crippen molar-refractivity contribution in [1.29, 1.82) is 5.26 Å². The lowest BCUT2D eigenvalue weighted by Crippen LogP contribution is -1.93. The summed E-state index contributed by atoms with van der Waals surface area (Å²) in [6, 6.07) is 10.7. The maximum Gasteiger partial charge on any atom is 0.315 e. The molecule has 7 nitrogen and oxygen atoms in total. The van der Waals surface area contributed by atoms with Gasteiger partial charge in [0.05, 0.1) is 23.3 Å². The molecule has 29 heavy (non-hydrogen) atoms. The molecular weight excluding hydrogens is 390 g/mol. The SMILES string of the molecule is COc1cc(/C=C(\C#N)c2nc(-c3ccc(C)c(C)c3)cs2)cc([N+](=O)[O-])c1O. The van der Waals surface area contributed by atoms with Gasteiger partial charge in [0.2, 0.25) is 5.75 Å². The number of nitrogens with zero attached hydrogens (tertiary/aromatic N) is 3. The van der Waals surface area contributed by atoms with E-state index in [4.69, 9.17) is 4.74 Å². The van der Waals surface area contributed by atoms with Crippen LogP contribution in [-0.2, 0) is 0 Å². The first-order chi connectivity index (χ1) is 13.8. The Kier molecular flexibility index (Phi) is 5.61. The Morgan fingerprint density at radius 2 is 2.07 bits per heavy atom. The molecule has 2 aromatic carbocycles. The Morgan fingerprint density at radius 3 is 2.69 bits per heavy atom. The fraction of sp³-hybridized carbons (Fsp3) is 0.143. The predicted molar refractivity (Wildman–Crippen MR) is 112 cm³/mol. The Labute approximate surface area is 171 Å². The first-order valence-electron chi connectivity index (χ1n) is 8.54. The highest BCUT2D eigenvalue weighted by Gasteiger charge is 2.20. The number of aromatic hydroxyl groups is 1. The second kappa shape index (κ2) is 8.12. The molecule has 1 heterocycles. The second-order valence-corrected chi connectivity index (χ2v) is 7.21. The first-order valence-corrected chi connectivity index (χ1v) is 9.42. The van der Waals surface area contributed by atoms with Crippen molar-refractivity contribution in [2.24, 2.45) is 0 Å². The van der Waals surface area contributed by atoms with Gasteiger partial charge in [0, 0.05) is 17.0 Å². The van der Waals surface area contributed by atoms with Crippen LogP contribution in [0.15, 0.2) is 35.7 Å². The van der Waals surface area contributed by atoms with Gasteiger partial charge in [-0.2, -0.15) is 5.26 Å². The molecule has 3 rings (SSSR count). The first kappa shape index (κ1) is 20.0. The lowest BCUT2D eigenvalue weighted by atomic mass is 10.0. The van der Waals surface area contributed by atoms with Crippen molar-refractivity contribution in [3.63, 3.8) is 0 Å². The zero-order valence-electron chi connectivity index (χ0n) is 16.0. The minimum absolute atomic E-state index is 0.0438. The van der Waals surface area contributed by atoms with Gasteiger partial charge < -0.3 is 9.84 Å². The van der Waals surface area contributed by atoms with Gasteiger partial charge in [-0.15, -0.1) is 11.3 Å². The molecule has 0 aliphatic carbocycles. The van der Waals surface area contributed by atoms with Crippen LogP contribution < -0.4 is 4.74 Å². The van der Waals surface area contributed by atoms with Crippen molar-refractivity contribution < 1.29 is 14.8 Å². The number of hydrogen-bond donors (Lipinski definition) is 1. The predicted octanol–water partition coefficient (Wildman–Crippen LogP) is 5.11. The minimum atomic E-state index is -0.706. The Hall–Kier alpha value is -3.70. The number of rotatable bonds is 5. The van der Waals surface area contributed by atoms with Crippen LogP contribution in [0.5, 0.6) is 11.5 Å². The molecule has 0 atom stereocenters. The third kappa shape index (κ3) is 4.10. The van der Waals surface area contributed by atoms with Gasteiger partial charge in [-0.3, -0.25) is 10.1 Å². The fourth-order valence-electron chi connectivity index (χ4n) is 2.73. The van der Waals surface area contributed by atoms with E-state index >= 15 is 0 Å². The number of aromatic nitrogens is 1. The highest BCUT2D eigenvalue weighted by Crippen LogP contribution is 2.38. The normalized spacial score (nSPS) is 11.2. The zero-order chi connectivity index (χ0) is 21.1. The third-order valence-electron chi connectivity index (χ3n) is 4.46. The number of methoxy groups -OCH3 is 1. The van der Waals surface area contributed by atoms with Crippen molar-refractivity contribution in [1.82, 2.24) is 4.98 Å². The van der Waals surface area contributed by atoms with Crippen LogP contribution in [0.25, 0.3) is 22.9 Å². The zero-order valence-corrected chi connectivity index (χ0v) is 16.8. The van der Waals surface area contributed by atoms with Crippen LogP contribution in [0, 0.1) is 35.3 Å². The van der Waals surface area contributed by atoms with Crippen molar-refractivity contribution in [2.75, 3.05) is 7.11 Å². The summed E-state index contributed by atoms with van der Waals surface area (Å²) >= 11 is 1.31. The summed E-state index contributed by atoms with van der Waals surface area (Å²) in [5, 5.41) is 33.0. The molecule has 0 bridgehead atoms. The standard InChI is InChI=1S/C21H17N3O4S/c1-12-4-5-15(6-13(12)2)17-11-29-21(23-17)16(10-22)7-14-8-18(24(26)27)20(25)19(9-14)28-3/h4-9,11,25H,1-3H3/b16-7+. The summed E-state index contributed by atoms with van der Waals surface area (Å²) in [6.45, 7) is 4.06. The lowest BCUT2D eigenvalue weighted by Gasteiger charge is -2.05. The van der Waals surface area contributed by atoms with E-state index < -0.39 is 16.4 Å². The number of aryl methyl sites for hydroxylation is 2. The van der Waals surface area contributed by atoms with Crippen LogP contribution in [0.2, 0.25) is 0 Å². The maximum absolute atomic E-state index is 11.2. The van der Waals surface area contributed by atoms with Crippen LogP contribution in [-0.4, -0.2) is 22.1 Å². The number of thiazole rings is 1. The van der Waals surface area contributed by atoms with E-state index in [0.717, 1.165) is 16.8 Å². The number of phenolic OH excluding ortho intramolecular Hbond substituents is 1. The topological polar surface area (TPSA) is 109 Å². The summed E-state index contributed by atoms with van der Waals surface area (Å²) in [5.41, 5.74) is 4.15. The van der Waals surface area contributed by atoms with Crippen LogP contribution >= 0.6 is 11.3 Å². The lowest BCUT2D eigenvalue weighted by molar-refractivity contribution is -0.386. The molecule has 0 radical (unpaired) electrons. The molecular formula is C21H17N3O4S. The average Bonchev–Trinajstić information content (AvgIpc) is 3.18. The number of ether oxygens (including phenoxy) is 1. The van der Waals surface area contributed by atoms with Gasteiger partial charge in [-0.1, -0.05) is 12.1 Å². The molecule has 0 amide bonds. The Morgan fingerprint density at radius 1 is 1.31 bits per heavy atom. The largest absolute Gasteiger partial charge is 0.500 e. The molecule has 0 aliphatic heterocycles. The highest BCUT2D eigenvalue weighted by molar-refractivity contribution is 7.11. The molecule has 1 aromatic heterocycles. The van der Waals surface area contributed by atoms with E-state index in [0.29, 0.717) is 10.6 Å². The summed E-state index contributed by atoms with van der Waals surface area (Å²) in [4.78, 5) is 15.0. The molecule has 0 saturated carbocycles. The van der Waals surface area contributed by atoms with Gasteiger partial charge in [0.15, 0.2) is 5.75 Å². The van der Waals surface area contributed by atoms with Gasteiger partial charge in [0.25, 0.3) is 0 Å². The number of nitro groups is 1. The number of nitro benzene ring substituents is 1. The fourth-order valence-corrected chi connectivity index (χ4v) is 3.53. The van der Waals surface area contributed by atoms with Crippen molar-refractivity contribution in [3.05, 3.63) is 67.5 Å². The summed E-state index contributed by atoms with van der Waals surface area (Å²) in [6.07, 6.45) is 1.48. The van der Waals surface area contributed by atoms with Crippen LogP contribution in [0.3, 0.4) is 0 Å².